The quantitative estimate of drug-likeness (QED) is 0.0609. The number of ether oxygens (including phenoxy) is 3. The number of methoxy groups -OCH3 is 1. The number of aliphatic carboxylic acids is 1. The van der Waals surface area contributed by atoms with E-state index in [0.29, 0.717) is 40.7 Å². The Balaban J connectivity index is 0.000000266. The first-order valence-electron chi connectivity index (χ1n) is 18.0. The smallest absolute Gasteiger partial charge is 0.341 e. The van der Waals surface area contributed by atoms with Gasteiger partial charge in [0, 0.05) is 39.4 Å². The zero-order valence-electron chi connectivity index (χ0n) is 31.6. The van der Waals surface area contributed by atoms with Crippen molar-refractivity contribution >= 4 is 58.9 Å². The molecule has 5 rings (SSSR count). The number of carbonyl (C=O) groups excluding carboxylic acids is 2. The largest absolute Gasteiger partial charge is 0.484 e. The zero-order valence-corrected chi connectivity index (χ0v) is 34.0. The fraction of sp³-hybridized carbons (Fsp3) is 0.227. The van der Waals surface area contributed by atoms with Crippen molar-refractivity contribution in [2.24, 2.45) is 0 Å². The van der Waals surface area contributed by atoms with Crippen molar-refractivity contribution in [2.45, 2.75) is 36.1 Å². The molecule has 0 aliphatic heterocycles. The Morgan fingerprint density at radius 3 is 1.60 bits per heavy atom. The van der Waals surface area contributed by atoms with Gasteiger partial charge in [0.15, 0.2) is 13.2 Å². The second-order valence-electron chi connectivity index (χ2n) is 12.3. The molecule has 1 amide bonds. The van der Waals surface area contributed by atoms with Crippen molar-refractivity contribution in [3.63, 3.8) is 0 Å². The van der Waals surface area contributed by atoms with Crippen molar-refractivity contribution in [3.05, 3.63) is 154 Å². The molecular weight excluding hydrogens is 786 g/mol. The van der Waals surface area contributed by atoms with Gasteiger partial charge in [-0.05, 0) is 97.1 Å². The molecule has 0 atom stereocenters. The lowest BCUT2D eigenvalue weighted by Crippen LogP contribution is -2.34. The number of carboxylic acids is 2. The van der Waals surface area contributed by atoms with Gasteiger partial charge in [-0.1, -0.05) is 72.3 Å². The molecule has 10 nitrogen and oxygen atoms in total. The molecule has 0 unspecified atom stereocenters. The number of carbonyl (C=O) groups is 4. The number of aromatic carboxylic acids is 1. The summed E-state index contributed by atoms with van der Waals surface area (Å²) in [6.07, 6.45) is 1.61. The molecule has 5 aromatic carbocycles. The summed E-state index contributed by atoms with van der Waals surface area (Å²) in [5, 5.41) is 18.5. The average Bonchev–Trinajstić information content (AvgIpc) is 3.23. The summed E-state index contributed by atoms with van der Waals surface area (Å²) in [7, 11) is 1.37. The van der Waals surface area contributed by atoms with Crippen LogP contribution in [0.1, 0.15) is 44.3 Å². The molecule has 0 fully saturated rings. The minimum Gasteiger partial charge on any atom is -0.484 e. The summed E-state index contributed by atoms with van der Waals surface area (Å²) in [6, 6.07) is 36.8. The van der Waals surface area contributed by atoms with Crippen molar-refractivity contribution in [2.75, 3.05) is 38.4 Å². The summed E-state index contributed by atoms with van der Waals surface area (Å²) >= 11 is 9.04. The fourth-order valence-electron chi connectivity index (χ4n) is 5.27. The predicted molar refractivity (Wildman–Crippen MR) is 224 cm³/mol. The second kappa shape index (κ2) is 23.6. The first-order valence-corrected chi connectivity index (χ1v) is 20.3. The van der Waals surface area contributed by atoms with E-state index in [1.807, 2.05) is 97.9 Å². The summed E-state index contributed by atoms with van der Waals surface area (Å²) in [4.78, 5) is 49.5. The molecule has 0 aliphatic rings. The van der Waals surface area contributed by atoms with Gasteiger partial charge in [-0.3, -0.25) is 4.79 Å². The van der Waals surface area contributed by atoms with Crippen LogP contribution in [0.25, 0.3) is 0 Å². The van der Waals surface area contributed by atoms with Crippen molar-refractivity contribution < 1.29 is 43.6 Å². The van der Waals surface area contributed by atoms with Crippen LogP contribution >= 0.6 is 35.1 Å². The standard InChI is InChI=1S/C26H26ClNO4S.C18H18O5S/c1-2-28(17-20-7-11-21(27)12-8-20)25(29)18-32-22-13-9-19(10-14-22)15-16-33-24-6-4-3-5-23(24)26(30)31;1-22-18(21)15-4-2-3-5-16(15)24-11-10-13-6-8-14(9-7-13)23-12-17(19)20/h3-14H,2,15-18H2,1H3,(H,30,31);2-9H,10-12H2,1H3,(H,19,20). The Kier molecular flexibility index (Phi) is 18.3. The highest BCUT2D eigenvalue weighted by Gasteiger charge is 2.14. The van der Waals surface area contributed by atoms with E-state index in [1.54, 1.807) is 47.0 Å². The topological polar surface area (TPSA) is 140 Å². The number of halogens is 1. The molecule has 57 heavy (non-hydrogen) atoms. The van der Waals surface area contributed by atoms with Crippen molar-refractivity contribution in [1.29, 1.82) is 0 Å². The molecule has 5 aromatic rings. The molecule has 0 heterocycles. The van der Waals surface area contributed by atoms with Gasteiger partial charge < -0.3 is 29.3 Å². The maximum Gasteiger partial charge on any atom is 0.341 e. The van der Waals surface area contributed by atoms with Gasteiger partial charge in [-0.15, -0.1) is 23.5 Å². The van der Waals surface area contributed by atoms with Crippen LogP contribution in [-0.2, 0) is 33.7 Å². The number of benzene rings is 5. The molecule has 0 spiro atoms. The Morgan fingerprint density at radius 2 is 1.11 bits per heavy atom. The normalized spacial score (nSPS) is 10.4. The number of amides is 1. The van der Waals surface area contributed by atoms with Crippen LogP contribution in [0.4, 0.5) is 0 Å². The summed E-state index contributed by atoms with van der Waals surface area (Å²) < 4.78 is 15.6. The lowest BCUT2D eigenvalue weighted by Gasteiger charge is -2.21. The van der Waals surface area contributed by atoms with Gasteiger partial charge in [0.05, 0.1) is 18.2 Å². The van der Waals surface area contributed by atoms with Crippen LogP contribution in [0.3, 0.4) is 0 Å². The maximum absolute atomic E-state index is 12.6. The maximum atomic E-state index is 12.6. The summed E-state index contributed by atoms with van der Waals surface area (Å²) in [5.74, 6) is 0.415. The summed E-state index contributed by atoms with van der Waals surface area (Å²) in [6.45, 7) is 2.67. The highest BCUT2D eigenvalue weighted by molar-refractivity contribution is 7.99. The number of hydrogen-bond donors (Lipinski definition) is 2. The highest BCUT2D eigenvalue weighted by atomic mass is 35.5. The SMILES string of the molecule is CCN(Cc1ccc(Cl)cc1)C(=O)COc1ccc(CCSc2ccccc2C(=O)O)cc1.COC(=O)c1ccccc1SCCc1ccc(OCC(=O)O)cc1. The lowest BCUT2D eigenvalue weighted by molar-refractivity contribution is -0.139. The Bertz CT molecular complexity index is 2060. The van der Waals surface area contributed by atoms with E-state index >= 15 is 0 Å². The van der Waals surface area contributed by atoms with Gasteiger partial charge in [0.2, 0.25) is 0 Å². The average molecular weight is 830 g/mol. The van der Waals surface area contributed by atoms with E-state index in [4.69, 9.17) is 30.9 Å². The first kappa shape index (κ1) is 44.3. The molecule has 0 aromatic heterocycles. The lowest BCUT2D eigenvalue weighted by atomic mass is 10.2. The van der Waals surface area contributed by atoms with Gasteiger partial charge >= 0.3 is 17.9 Å². The number of esters is 1. The number of rotatable bonds is 19. The minimum absolute atomic E-state index is 0.0252. The molecular formula is C44H44ClNO9S2. The molecule has 0 saturated carbocycles. The molecule has 0 aliphatic carbocycles. The third-order valence-electron chi connectivity index (χ3n) is 8.30. The molecule has 0 saturated heterocycles. The van der Waals surface area contributed by atoms with Gasteiger partial charge in [-0.25, -0.2) is 14.4 Å². The number of aryl methyl sites for hydroxylation is 2. The summed E-state index contributed by atoms with van der Waals surface area (Å²) in [5.41, 5.74) is 4.14. The van der Waals surface area contributed by atoms with E-state index in [-0.39, 0.29) is 25.1 Å². The van der Waals surface area contributed by atoms with Crippen LogP contribution in [0.2, 0.25) is 5.02 Å². The number of likely N-dealkylation sites (N-methyl/N-ethyl adjacent to an activating group) is 1. The third kappa shape index (κ3) is 15.2. The van der Waals surface area contributed by atoms with E-state index in [0.717, 1.165) is 50.8 Å². The molecule has 0 radical (unpaired) electrons. The highest BCUT2D eigenvalue weighted by Crippen LogP contribution is 2.26. The number of carboxylic acid groups (broad SMARTS) is 2. The molecule has 298 valence electrons. The Hall–Kier alpha value is -5.43. The minimum atomic E-state index is -1.00. The van der Waals surface area contributed by atoms with Crippen molar-refractivity contribution in [1.82, 2.24) is 4.90 Å². The molecule has 0 bridgehead atoms. The second-order valence-corrected chi connectivity index (χ2v) is 15.0. The van der Waals surface area contributed by atoms with Gasteiger partial charge in [0.1, 0.15) is 11.5 Å². The fourth-order valence-corrected chi connectivity index (χ4v) is 7.48. The number of nitrogens with zero attached hydrogens (tertiary/aromatic N) is 1. The third-order valence-corrected chi connectivity index (χ3v) is 10.7. The van der Waals surface area contributed by atoms with E-state index in [2.05, 4.69) is 0 Å². The van der Waals surface area contributed by atoms with Crippen LogP contribution in [-0.4, -0.2) is 77.3 Å². The van der Waals surface area contributed by atoms with Crippen LogP contribution in [0, 0.1) is 0 Å². The number of hydrogen-bond acceptors (Lipinski definition) is 9. The predicted octanol–water partition coefficient (Wildman–Crippen LogP) is 9.07. The van der Waals surface area contributed by atoms with E-state index in [9.17, 15) is 24.3 Å². The molecule has 13 heteroatoms. The Morgan fingerprint density at radius 1 is 0.632 bits per heavy atom. The van der Waals surface area contributed by atoms with Crippen LogP contribution in [0.15, 0.2) is 131 Å². The van der Waals surface area contributed by atoms with E-state index in [1.165, 1.54) is 18.9 Å². The van der Waals surface area contributed by atoms with Gasteiger partial charge in [0.25, 0.3) is 5.91 Å². The monoisotopic (exact) mass is 829 g/mol. The zero-order chi connectivity index (χ0) is 41.0. The molecule has 2 N–H and O–H groups in total. The van der Waals surface area contributed by atoms with Crippen molar-refractivity contribution in [3.8, 4) is 11.5 Å². The number of thioether (sulfide) groups is 2. The van der Waals surface area contributed by atoms with Crippen LogP contribution < -0.4 is 9.47 Å². The Labute approximate surface area is 346 Å². The van der Waals surface area contributed by atoms with E-state index < -0.39 is 11.9 Å². The van der Waals surface area contributed by atoms with Crippen LogP contribution in [0.5, 0.6) is 11.5 Å². The first-order chi connectivity index (χ1) is 27.6. The van der Waals surface area contributed by atoms with Gasteiger partial charge in [-0.2, -0.15) is 0 Å².